The summed E-state index contributed by atoms with van der Waals surface area (Å²) in [5.41, 5.74) is 4.94. The zero-order chi connectivity index (χ0) is 27.9. The first-order chi connectivity index (χ1) is 18.6. The van der Waals surface area contributed by atoms with E-state index in [1.807, 2.05) is 0 Å². The molecule has 5 aliphatic rings. The van der Waals surface area contributed by atoms with Gasteiger partial charge in [-0.1, -0.05) is 150 Å². The summed E-state index contributed by atoms with van der Waals surface area (Å²) in [7, 11) is 7.88. The fraction of sp³-hybridized carbons (Fsp3) is 0.441. The molecule has 1 heterocycles. The third kappa shape index (κ3) is 5.82. The molecule has 40 heavy (non-hydrogen) atoms. The van der Waals surface area contributed by atoms with Crippen LogP contribution in [0.2, 0.25) is 18.6 Å². The zero-order valence-electron chi connectivity index (χ0n) is 24.9. The molecule has 1 aromatic carbocycles. The Hall–Kier alpha value is -0.909. The summed E-state index contributed by atoms with van der Waals surface area (Å²) >= 11 is -0.556. The first-order valence-corrected chi connectivity index (χ1v) is 21.6. The van der Waals surface area contributed by atoms with E-state index in [-0.39, 0.29) is 25.0 Å². The summed E-state index contributed by atoms with van der Waals surface area (Å²) < 4.78 is 2.88. The second kappa shape index (κ2) is 12.8. The van der Waals surface area contributed by atoms with Gasteiger partial charge >= 0.3 is 35.6 Å². The van der Waals surface area contributed by atoms with Gasteiger partial charge < -0.3 is 17.3 Å². The molecule has 6 rings (SSSR count). The molecule has 1 aliphatic heterocycles. The van der Waals surface area contributed by atoms with Gasteiger partial charge in [0.05, 0.1) is 0 Å². The first-order valence-electron chi connectivity index (χ1n) is 14.2. The maximum absolute atomic E-state index is 5.44. The number of nitrogens with zero attached hydrogens (tertiary/aromatic N) is 2. The van der Waals surface area contributed by atoms with Crippen molar-refractivity contribution in [2.24, 2.45) is 23.7 Å². The second-order valence-corrected chi connectivity index (χ2v) is 20.1. The molecule has 6 heteroatoms. The normalized spacial score (nSPS) is 33.8. The Bertz CT molecular complexity index is 1190. The molecule has 0 spiro atoms. The molecule has 7 atom stereocenters. The van der Waals surface area contributed by atoms with Crippen molar-refractivity contribution in [3.63, 3.8) is 0 Å². The molecule has 1 aromatic rings. The van der Waals surface area contributed by atoms with Crippen molar-refractivity contribution >= 4 is 32.4 Å². The van der Waals surface area contributed by atoms with Crippen LogP contribution in [-0.4, -0.2) is 31.1 Å². The van der Waals surface area contributed by atoms with Crippen LogP contribution in [0, 0.1) is 31.1 Å². The maximum atomic E-state index is 5.44. The van der Waals surface area contributed by atoms with Gasteiger partial charge in [0.1, 0.15) is 8.24 Å². The van der Waals surface area contributed by atoms with Gasteiger partial charge in [0.25, 0.3) is 0 Å². The average molecular weight is 628 g/mol. The number of allylic oxidation sites excluding steroid dienone is 10. The van der Waals surface area contributed by atoms with Crippen LogP contribution in [0.25, 0.3) is 10.9 Å². The van der Waals surface area contributed by atoms with Gasteiger partial charge in [-0.2, -0.15) is 0 Å². The topological polar surface area (TPSA) is 17.3 Å². The summed E-state index contributed by atoms with van der Waals surface area (Å²) in [6, 6.07) is 9.82. The summed E-state index contributed by atoms with van der Waals surface area (Å²) in [4.78, 5) is 0. The number of rotatable bonds is 3. The van der Waals surface area contributed by atoms with E-state index in [1.54, 1.807) is 0 Å². The fourth-order valence-corrected chi connectivity index (χ4v) is 13.0. The third-order valence-electron chi connectivity index (χ3n) is 9.61. The van der Waals surface area contributed by atoms with Crippen molar-refractivity contribution in [1.29, 1.82) is 0 Å². The first kappa shape index (κ1) is 32.0. The molecule has 0 radical (unpaired) electrons. The molecule has 0 aromatic heterocycles. The van der Waals surface area contributed by atoms with Gasteiger partial charge in [0.15, 0.2) is 0 Å². The predicted octanol–water partition coefficient (Wildman–Crippen LogP) is 9.84. The monoisotopic (exact) mass is 626 g/mol. The van der Waals surface area contributed by atoms with Crippen molar-refractivity contribution in [2.75, 3.05) is 0 Å². The molecular formula is C34H44Cl2N2SiTi-2. The average Bonchev–Trinajstić information content (AvgIpc) is 3.44. The van der Waals surface area contributed by atoms with E-state index < -0.39 is 25.3 Å². The van der Waals surface area contributed by atoms with Crippen LogP contribution >= 0.6 is 18.6 Å². The van der Waals surface area contributed by atoms with E-state index in [9.17, 15) is 0 Å². The molecule has 0 N–H and O–H groups in total. The van der Waals surface area contributed by atoms with Crippen molar-refractivity contribution in [2.45, 2.75) is 70.0 Å². The van der Waals surface area contributed by atoms with Gasteiger partial charge in [0, 0.05) is 6.04 Å². The summed E-state index contributed by atoms with van der Waals surface area (Å²) in [5.74, 6) is 2.50. The molecule has 5 unspecified atom stereocenters. The van der Waals surface area contributed by atoms with Crippen molar-refractivity contribution in [3.8, 4) is 0 Å². The van der Waals surface area contributed by atoms with Crippen molar-refractivity contribution in [1.82, 2.24) is 4.57 Å². The molecular weight excluding hydrogens is 583 g/mol. The number of fused-ring (bicyclic) bond motifs is 4. The van der Waals surface area contributed by atoms with Crippen LogP contribution in [0.3, 0.4) is 0 Å². The number of halogens is 2. The fourth-order valence-electron chi connectivity index (χ4n) is 8.06. The van der Waals surface area contributed by atoms with Crippen LogP contribution in [0.5, 0.6) is 0 Å². The molecule has 2 nitrogen and oxygen atoms in total. The van der Waals surface area contributed by atoms with E-state index in [0.29, 0.717) is 35.3 Å². The Balaban J connectivity index is 0.000000886. The quantitative estimate of drug-likeness (QED) is 0.241. The predicted molar refractivity (Wildman–Crippen MR) is 174 cm³/mol. The van der Waals surface area contributed by atoms with Crippen LogP contribution < -0.4 is 0 Å². The van der Waals surface area contributed by atoms with Gasteiger partial charge in [-0.25, -0.2) is 0 Å². The number of hydrogen-bond acceptors (Lipinski definition) is 1. The Morgan fingerprint density at radius 2 is 1.30 bits per heavy atom. The third-order valence-corrected chi connectivity index (χ3v) is 14.0. The summed E-state index contributed by atoms with van der Waals surface area (Å²) in [6.45, 7) is 14.5. The molecule has 1 saturated heterocycles. The van der Waals surface area contributed by atoms with Crippen LogP contribution in [-0.2, 0) is 22.4 Å². The zero-order valence-corrected chi connectivity index (χ0v) is 29.0. The molecule has 0 amide bonds. The van der Waals surface area contributed by atoms with Gasteiger partial charge in [0.2, 0.25) is 0 Å². The number of benzene rings is 1. The molecule has 4 aliphatic carbocycles. The Kier molecular flexibility index (Phi) is 10.2. The summed E-state index contributed by atoms with van der Waals surface area (Å²) in [5, 5.41) is 5.44. The van der Waals surface area contributed by atoms with Crippen molar-refractivity contribution in [3.05, 3.63) is 115 Å². The van der Waals surface area contributed by atoms with Crippen LogP contribution in [0.4, 0.5) is 0 Å². The molecule has 214 valence electrons. The van der Waals surface area contributed by atoms with Gasteiger partial charge in [-0.15, -0.1) is 0 Å². The minimum absolute atomic E-state index is 0. The van der Waals surface area contributed by atoms with Crippen LogP contribution in [0.1, 0.15) is 38.8 Å². The Morgan fingerprint density at radius 1 is 0.800 bits per heavy atom. The minimum atomic E-state index is -1.90. The molecule has 0 bridgehead atoms. The Morgan fingerprint density at radius 3 is 1.80 bits per heavy atom. The van der Waals surface area contributed by atoms with E-state index in [0.717, 1.165) is 0 Å². The van der Waals surface area contributed by atoms with E-state index in [4.69, 9.17) is 23.9 Å². The number of hydrogen-bond donors (Lipinski definition) is 0. The molecule has 1 saturated carbocycles. The Labute approximate surface area is 261 Å². The standard InChI is InChI=1S/C33H41N2Si.CH3.2ClH.Ti/c1-22-34-31-25(23-18-20-24(21-19-23)33(2,3)4)16-11-17-30(31)35(22)36(5,6)32-28-14-9-7-12-26(28)27-13-8-10-15-29(27)32;;;;/h7-22,26-32H,1-6H3;1H3;2*1H;/q2*-1;;;+2/p-2/t22-,26?,27?,28?,29?,30+,31?,32?;;;;/m0..../s1. The van der Waals surface area contributed by atoms with E-state index in [1.165, 1.54) is 16.7 Å². The SMILES string of the molecule is C[C@H]1[N-]C2C(c3ccc(C(C)(C)C)cc3)=CC=C[C@H]2N1[Si](C)(C)C1C2C=CC=CC2C2C=CC=CC21.[CH3-].[Cl][Ti][Cl]. The van der Waals surface area contributed by atoms with Gasteiger partial charge in [-0.3, -0.25) is 0 Å². The van der Waals surface area contributed by atoms with Crippen molar-refractivity contribution < 1.29 is 17.0 Å². The van der Waals surface area contributed by atoms with E-state index >= 15 is 0 Å². The van der Waals surface area contributed by atoms with E-state index in [2.05, 4.69) is 136 Å². The summed E-state index contributed by atoms with van der Waals surface area (Å²) in [6.07, 6.45) is 26.5. The second-order valence-electron chi connectivity index (χ2n) is 13.1. The van der Waals surface area contributed by atoms with Gasteiger partial charge in [-0.05, 0) is 45.8 Å². The molecule has 2 fully saturated rings. The van der Waals surface area contributed by atoms with Crippen LogP contribution in [0.15, 0.2) is 91.1 Å².